The molecule has 0 aromatic heterocycles. The quantitative estimate of drug-likeness (QED) is 0.550. The smallest absolute Gasteiger partial charge is 0.0148 e. The summed E-state index contributed by atoms with van der Waals surface area (Å²) in [6.45, 7) is 2.16. The largest absolute Gasteiger partial charge is 0.0610 e. The number of fused-ring (bicyclic) bond motifs is 2. The first-order valence-electron chi connectivity index (χ1n) is 4.56. The van der Waals surface area contributed by atoms with Crippen LogP contribution >= 0.6 is 0 Å². The summed E-state index contributed by atoms with van der Waals surface area (Å²) in [4.78, 5) is 0. The van der Waals surface area contributed by atoms with E-state index in [0.717, 1.165) is 0 Å². The summed E-state index contributed by atoms with van der Waals surface area (Å²) >= 11 is 0. The van der Waals surface area contributed by atoms with E-state index in [-0.39, 0.29) is 0 Å². The van der Waals surface area contributed by atoms with E-state index in [9.17, 15) is 0 Å². The number of rotatable bonds is 0. The number of allylic oxidation sites excluding steroid dienone is 2. The zero-order chi connectivity index (χ0) is 8.84. The molecule has 0 unspecified atom stereocenters. The van der Waals surface area contributed by atoms with Crippen molar-refractivity contribution in [2.24, 2.45) is 0 Å². The first kappa shape index (κ1) is 6.90. The maximum Gasteiger partial charge on any atom is -0.0148 e. The summed E-state index contributed by atoms with van der Waals surface area (Å²) in [6, 6.07) is 4.54. The molecule has 0 saturated heterocycles. The monoisotopic (exact) mass is 166 g/mol. The van der Waals surface area contributed by atoms with Gasteiger partial charge in [-0.1, -0.05) is 30.4 Å². The average molecular weight is 166 g/mol. The Kier molecular flexibility index (Phi) is 1.18. The normalized spacial score (nSPS) is 15.9. The van der Waals surface area contributed by atoms with Crippen LogP contribution < -0.4 is 10.4 Å². The van der Waals surface area contributed by atoms with E-state index in [1.807, 2.05) is 0 Å². The highest BCUT2D eigenvalue weighted by Crippen LogP contribution is 2.10. The lowest BCUT2D eigenvalue weighted by Crippen LogP contribution is -2.13. The van der Waals surface area contributed by atoms with E-state index < -0.39 is 0 Å². The van der Waals surface area contributed by atoms with Crippen LogP contribution in [0.5, 0.6) is 0 Å². The molecule has 13 heavy (non-hydrogen) atoms. The first-order valence-corrected chi connectivity index (χ1v) is 4.56. The molecule has 0 spiro atoms. The fraction of sp³-hybridized carbons (Fsp3) is 0.0769. The van der Waals surface area contributed by atoms with Crippen LogP contribution in [-0.2, 0) is 0 Å². The summed E-state index contributed by atoms with van der Waals surface area (Å²) in [5.41, 5.74) is 4.08. The molecule has 3 rings (SSSR count). The Balaban J connectivity index is 2.50. The summed E-state index contributed by atoms with van der Waals surface area (Å²) in [6.07, 6.45) is 10.8. The standard InChI is InChI=1S/C13H10/c1-9-5-6-12-7-10-3-2-4-11(10)8-13(9)12/h2-8H,1H3. The van der Waals surface area contributed by atoms with Gasteiger partial charge in [0.15, 0.2) is 0 Å². The molecule has 0 heteroatoms. The third-order valence-corrected chi connectivity index (χ3v) is 2.74. The third-order valence-electron chi connectivity index (χ3n) is 2.74. The molecular formula is C13H10. The van der Waals surface area contributed by atoms with Gasteiger partial charge in [0.2, 0.25) is 0 Å². The Morgan fingerprint density at radius 3 is 2.77 bits per heavy atom. The van der Waals surface area contributed by atoms with Crippen molar-refractivity contribution in [2.45, 2.75) is 6.92 Å². The van der Waals surface area contributed by atoms with Gasteiger partial charge in [-0.05, 0) is 46.2 Å². The highest BCUT2D eigenvalue weighted by Gasteiger charge is 2.04. The van der Waals surface area contributed by atoms with Crippen LogP contribution in [0.4, 0.5) is 0 Å². The topological polar surface area (TPSA) is 0 Å². The Hall–Kier alpha value is -1.56. The Morgan fingerprint density at radius 1 is 0.923 bits per heavy atom. The van der Waals surface area contributed by atoms with Gasteiger partial charge in [-0.2, -0.15) is 0 Å². The minimum atomic E-state index is 1.35. The van der Waals surface area contributed by atoms with Gasteiger partial charge in [-0.15, -0.1) is 0 Å². The molecule has 0 fully saturated rings. The highest BCUT2D eigenvalue weighted by molar-refractivity contribution is 5.77. The molecule has 0 bridgehead atoms. The van der Waals surface area contributed by atoms with Gasteiger partial charge in [0.25, 0.3) is 0 Å². The van der Waals surface area contributed by atoms with Crippen molar-refractivity contribution in [3.8, 4) is 0 Å². The maximum absolute atomic E-state index is 2.28. The third kappa shape index (κ3) is 0.858. The number of benzene rings is 1. The zero-order valence-electron chi connectivity index (χ0n) is 7.54. The van der Waals surface area contributed by atoms with Gasteiger partial charge in [-0.25, -0.2) is 0 Å². The molecule has 0 radical (unpaired) electrons. The molecule has 0 atom stereocenters. The lowest BCUT2D eigenvalue weighted by Gasteiger charge is -1.96. The van der Waals surface area contributed by atoms with Crippen LogP contribution in [-0.4, -0.2) is 0 Å². The van der Waals surface area contributed by atoms with Gasteiger partial charge in [0.1, 0.15) is 0 Å². The van der Waals surface area contributed by atoms with Crippen molar-refractivity contribution in [2.75, 3.05) is 0 Å². The first-order chi connectivity index (χ1) is 6.34. The van der Waals surface area contributed by atoms with Crippen molar-refractivity contribution >= 4 is 23.8 Å². The second-order valence-electron chi connectivity index (χ2n) is 3.61. The van der Waals surface area contributed by atoms with Crippen LogP contribution in [0.25, 0.3) is 23.8 Å². The Labute approximate surface area is 77.2 Å². The zero-order valence-corrected chi connectivity index (χ0v) is 7.54. The Morgan fingerprint density at radius 2 is 1.85 bits per heavy atom. The molecular weight excluding hydrogens is 156 g/mol. The van der Waals surface area contributed by atoms with Gasteiger partial charge < -0.3 is 0 Å². The lowest BCUT2D eigenvalue weighted by molar-refractivity contribution is 1.49. The number of hydrogen-bond acceptors (Lipinski definition) is 0. The second-order valence-corrected chi connectivity index (χ2v) is 3.61. The number of hydrogen-bond donors (Lipinski definition) is 0. The fourth-order valence-corrected chi connectivity index (χ4v) is 1.98. The maximum atomic E-state index is 2.28. The molecule has 2 aliphatic carbocycles. The van der Waals surface area contributed by atoms with Crippen LogP contribution in [0, 0.1) is 0 Å². The molecule has 0 amide bonds. The molecule has 0 saturated carbocycles. The summed E-state index contributed by atoms with van der Waals surface area (Å²) in [5.74, 6) is 0. The summed E-state index contributed by atoms with van der Waals surface area (Å²) in [7, 11) is 0. The van der Waals surface area contributed by atoms with E-state index >= 15 is 0 Å². The van der Waals surface area contributed by atoms with E-state index in [1.165, 1.54) is 27.1 Å². The minimum Gasteiger partial charge on any atom is -0.0610 e. The van der Waals surface area contributed by atoms with E-state index in [4.69, 9.17) is 0 Å². The van der Waals surface area contributed by atoms with Crippen molar-refractivity contribution in [3.63, 3.8) is 0 Å². The predicted molar refractivity (Wildman–Crippen MR) is 57.3 cm³/mol. The second kappa shape index (κ2) is 2.23. The van der Waals surface area contributed by atoms with Gasteiger partial charge >= 0.3 is 0 Å². The minimum absolute atomic E-state index is 1.35. The van der Waals surface area contributed by atoms with Crippen molar-refractivity contribution < 1.29 is 0 Å². The van der Waals surface area contributed by atoms with Gasteiger partial charge in [0, 0.05) is 0 Å². The van der Waals surface area contributed by atoms with Crippen LogP contribution in [0.2, 0.25) is 0 Å². The molecule has 2 aliphatic rings. The van der Waals surface area contributed by atoms with Crippen LogP contribution in [0.15, 0.2) is 24.3 Å². The van der Waals surface area contributed by atoms with Crippen molar-refractivity contribution in [3.05, 3.63) is 45.8 Å². The van der Waals surface area contributed by atoms with E-state index in [2.05, 4.69) is 49.4 Å². The highest BCUT2D eigenvalue weighted by atomic mass is 14.1. The molecule has 0 N–H and O–H groups in total. The van der Waals surface area contributed by atoms with E-state index in [0.29, 0.717) is 0 Å². The van der Waals surface area contributed by atoms with Crippen molar-refractivity contribution in [1.82, 2.24) is 0 Å². The SMILES string of the molecule is CC1=c2cc3c(cc2C=C1)=CC=C3. The van der Waals surface area contributed by atoms with Crippen molar-refractivity contribution in [1.29, 1.82) is 0 Å². The fourth-order valence-electron chi connectivity index (χ4n) is 1.98. The molecule has 1 aromatic carbocycles. The average Bonchev–Trinajstić information content (AvgIpc) is 2.70. The van der Waals surface area contributed by atoms with E-state index in [1.54, 1.807) is 0 Å². The van der Waals surface area contributed by atoms with Crippen LogP contribution in [0.1, 0.15) is 18.1 Å². The molecule has 0 aliphatic heterocycles. The predicted octanol–water partition coefficient (Wildman–Crippen LogP) is 1.69. The molecule has 0 nitrogen and oxygen atoms in total. The Bertz CT molecular complexity index is 554. The summed E-state index contributed by atoms with van der Waals surface area (Å²) < 4.78 is 0. The molecule has 1 aromatic rings. The molecule has 0 heterocycles. The molecule has 62 valence electrons. The lowest BCUT2D eigenvalue weighted by atomic mass is 10.1. The summed E-state index contributed by atoms with van der Waals surface area (Å²) in [5, 5.41) is 2.73. The van der Waals surface area contributed by atoms with Crippen LogP contribution in [0.3, 0.4) is 0 Å². The van der Waals surface area contributed by atoms with Gasteiger partial charge in [0.05, 0.1) is 0 Å². The van der Waals surface area contributed by atoms with Gasteiger partial charge in [-0.3, -0.25) is 0 Å².